The van der Waals surface area contributed by atoms with Gasteiger partial charge in [0.25, 0.3) is 5.91 Å². The number of rotatable bonds is 7. The molecule has 0 spiro atoms. The summed E-state index contributed by atoms with van der Waals surface area (Å²) in [5.74, 6) is 1.76. The van der Waals surface area contributed by atoms with Gasteiger partial charge in [0.2, 0.25) is 5.89 Å². The molecule has 0 saturated carbocycles. The second-order valence-corrected chi connectivity index (χ2v) is 8.52. The highest BCUT2D eigenvalue weighted by atomic mass is 35.5. The summed E-state index contributed by atoms with van der Waals surface area (Å²) in [6.07, 6.45) is 2.50. The zero-order valence-electron chi connectivity index (χ0n) is 18.1. The first-order valence-corrected chi connectivity index (χ1v) is 11.5. The third-order valence-electron chi connectivity index (χ3n) is 5.72. The number of carbonyl (C=O) groups is 1. The Morgan fingerprint density at radius 3 is 2.48 bits per heavy atom. The molecule has 6 nitrogen and oxygen atoms in total. The molecule has 0 bridgehead atoms. The maximum Gasteiger partial charge on any atom is 0.251 e. The van der Waals surface area contributed by atoms with Crippen LogP contribution in [0.5, 0.6) is 11.5 Å². The molecule has 1 amide bonds. The van der Waals surface area contributed by atoms with Crippen molar-refractivity contribution in [3.63, 3.8) is 0 Å². The number of halogens is 1. The van der Waals surface area contributed by atoms with Gasteiger partial charge >= 0.3 is 0 Å². The van der Waals surface area contributed by atoms with Crippen LogP contribution in [0.25, 0.3) is 22.6 Å². The van der Waals surface area contributed by atoms with Gasteiger partial charge in [-0.2, -0.15) is 0 Å². The van der Waals surface area contributed by atoms with Crippen molar-refractivity contribution in [2.75, 3.05) is 26.2 Å². The molecule has 4 aromatic rings. The predicted octanol–water partition coefficient (Wildman–Crippen LogP) is 5.77. The van der Waals surface area contributed by atoms with E-state index in [0.717, 1.165) is 30.7 Å². The van der Waals surface area contributed by atoms with Crippen molar-refractivity contribution in [2.24, 2.45) is 0 Å². The molecule has 7 heteroatoms. The van der Waals surface area contributed by atoms with Gasteiger partial charge in [-0.15, -0.1) is 0 Å². The number of amides is 1. The van der Waals surface area contributed by atoms with Crippen molar-refractivity contribution < 1.29 is 13.9 Å². The summed E-state index contributed by atoms with van der Waals surface area (Å²) in [6.45, 7) is 3.82. The lowest BCUT2D eigenvalue weighted by Crippen LogP contribution is -2.33. The highest BCUT2D eigenvalue weighted by Gasteiger charge is 2.13. The molecule has 1 aliphatic heterocycles. The Morgan fingerprint density at radius 2 is 1.73 bits per heavy atom. The fourth-order valence-electron chi connectivity index (χ4n) is 3.93. The van der Waals surface area contributed by atoms with Gasteiger partial charge in [-0.25, -0.2) is 4.98 Å². The molecule has 3 aromatic carbocycles. The van der Waals surface area contributed by atoms with E-state index in [2.05, 4.69) is 15.2 Å². The van der Waals surface area contributed by atoms with E-state index in [1.165, 1.54) is 12.8 Å². The molecule has 2 heterocycles. The molecule has 0 radical (unpaired) electrons. The number of likely N-dealkylation sites (tertiary alicyclic amines) is 1. The highest BCUT2D eigenvalue weighted by Crippen LogP contribution is 2.30. The monoisotopic (exact) mass is 461 g/mol. The van der Waals surface area contributed by atoms with Gasteiger partial charge in [0.15, 0.2) is 5.58 Å². The van der Waals surface area contributed by atoms with E-state index in [4.69, 9.17) is 20.8 Å². The van der Waals surface area contributed by atoms with Crippen LogP contribution in [-0.2, 0) is 0 Å². The van der Waals surface area contributed by atoms with Crippen molar-refractivity contribution in [2.45, 2.75) is 12.8 Å². The smallest absolute Gasteiger partial charge is 0.251 e. The minimum absolute atomic E-state index is 0.0673. The number of carbonyl (C=O) groups excluding carboxylic acids is 1. The first-order valence-electron chi connectivity index (χ1n) is 11.1. The largest absolute Gasteiger partial charge is 0.457 e. The number of hydrogen-bond donors (Lipinski definition) is 1. The highest BCUT2D eigenvalue weighted by molar-refractivity contribution is 6.30. The van der Waals surface area contributed by atoms with Crippen LogP contribution in [0.2, 0.25) is 5.02 Å². The van der Waals surface area contributed by atoms with Gasteiger partial charge in [-0.1, -0.05) is 11.6 Å². The van der Waals surface area contributed by atoms with E-state index < -0.39 is 0 Å². The van der Waals surface area contributed by atoms with E-state index >= 15 is 0 Å². The molecule has 1 N–H and O–H groups in total. The van der Waals surface area contributed by atoms with Crippen LogP contribution in [0.3, 0.4) is 0 Å². The second kappa shape index (κ2) is 9.65. The molecule has 1 fully saturated rings. The summed E-state index contributed by atoms with van der Waals surface area (Å²) in [6, 6.07) is 20.0. The van der Waals surface area contributed by atoms with Crippen molar-refractivity contribution in [1.29, 1.82) is 0 Å². The third-order valence-corrected chi connectivity index (χ3v) is 5.97. The Kier molecular flexibility index (Phi) is 6.28. The fraction of sp³-hybridized carbons (Fsp3) is 0.231. The van der Waals surface area contributed by atoms with Crippen molar-refractivity contribution in [1.82, 2.24) is 15.2 Å². The molecule has 1 saturated heterocycles. The maximum absolute atomic E-state index is 12.4. The van der Waals surface area contributed by atoms with Gasteiger partial charge in [0.05, 0.1) is 0 Å². The molecular weight excluding hydrogens is 438 g/mol. The number of nitrogens with one attached hydrogen (secondary N) is 1. The van der Waals surface area contributed by atoms with Crippen LogP contribution < -0.4 is 10.1 Å². The van der Waals surface area contributed by atoms with Crippen LogP contribution in [-0.4, -0.2) is 42.0 Å². The third kappa shape index (κ3) is 5.18. The number of aromatic nitrogens is 1. The molecule has 0 atom stereocenters. The first-order chi connectivity index (χ1) is 16.1. The zero-order valence-corrected chi connectivity index (χ0v) is 18.8. The number of ether oxygens (including phenoxy) is 1. The van der Waals surface area contributed by atoms with Crippen LogP contribution in [0.15, 0.2) is 71.1 Å². The fourth-order valence-corrected chi connectivity index (χ4v) is 4.06. The SMILES string of the molecule is O=C(NCCN1CCCC1)c1ccc(-c2nc3ccc(Oc4ccc(Cl)cc4)cc3o2)cc1. The first kappa shape index (κ1) is 21.5. The van der Waals surface area contributed by atoms with Gasteiger partial charge in [0.1, 0.15) is 17.0 Å². The summed E-state index contributed by atoms with van der Waals surface area (Å²) in [5, 5.41) is 3.65. The van der Waals surface area contributed by atoms with E-state index in [9.17, 15) is 4.79 Å². The Balaban J connectivity index is 1.24. The predicted molar refractivity (Wildman–Crippen MR) is 129 cm³/mol. The molecule has 1 aliphatic rings. The van der Waals surface area contributed by atoms with Crippen LogP contribution in [0, 0.1) is 0 Å². The zero-order chi connectivity index (χ0) is 22.6. The van der Waals surface area contributed by atoms with Crippen LogP contribution >= 0.6 is 11.6 Å². The molecule has 1 aromatic heterocycles. The lowest BCUT2D eigenvalue weighted by molar-refractivity contribution is 0.0949. The van der Waals surface area contributed by atoms with Crippen LogP contribution in [0.1, 0.15) is 23.2 Å². The lowest BCUT2D eigenvalue weighted by atomic mass is 10.1. The summed E-state index contributed by atoms with van der Waals surface area (Å²) in [7, 11) is 0. The van der Waals surface area contributed by atoms with Gasteiger partial charge < -0.3 is 19.4 Å². The molecule has 5 rings (SSSR count). The van der Waals surface area contributed by atoms with E-state index in [0.29, 0.717) is 40.1 Å². The van der Waals surface area contributed by atoms with Crippen molar-refractivity contribution in [3.05, 3.63) is 77.3 Å². The Labute approximate surface area is 197 Å². The van der Waals surface area contributed by atoms with Crippen molar-refractivity contribution in [3.8, 4) is 23.0 Å². The normalized spacial score (nSPS) is 14.0. The Morgan fingerprint density at radius 1 is 1.00 bits per heavy atom. The number of fused-ring (bicyclic) bond motifs is 1. The summed E-state index contributed by atoms with van der Waals surface area (Å²) in [5.41, 5.74) is 2.78. The van der Waals surface area contributed by atoms with Gasteiger partial charge in [-0.05, 0) is 86.6 Å². The Hall–Kier alpha value is -3.35. The average molecular weight is 462 g/mol. The quantitative estimate of drug-likeness (QED) is 0.378. The van der Waals surface area contributed by atoms with E-state index in [1.807, 2.05) is 42.5 Å². The molecule has 0 unspecified atom stereocenters. The second-order valence-electron chi connectivity index (χ2n) is 8.09. The van der Waals surface area contributed by atoms with Crippen molar-refractivity contribution >= 4 is 28.6 Å². The van der Waals surface area contributed by atoms with Gasteiger partial charge in [0, 0.05) is 35.3 Å². The molecule has 33 heavy (non-hydrogen) atoms. The number of benzene rings is 3. The number of oxazole rings is 1. The standard InChI is InChI=1S/C26H24ClN3O3/c27-20-7-9-21(10-8-20)32-22-11-12-23-24(17-22)33-26(29-23)19-5-3-18(4-6-19)25(31)28-13-16-30-14-1-2-15-30/h3-12,17H,1-2,13-16H2,(H,28,31). The van der Waals surface area contributed by atoms with Gasteiger partial charge in [-0.3, -0.25) is 4.79 Å². The Bertz CT molecular complexity index is 1250. The number of nitrogens with zero attached hydrogens (tertiary/aromatic N) is 2. The maximum atomic E-state index is 12.4. The summed E-state index contributed by atoms with van der Waals surface area (Å²) in [4.78, 5) is 19.4. The molecular formula is C26H24ClN3O3. The van der Waals surface area contributed by atoms with Crippen LogP contribution in [0.4, 0.5) is 0 Å². The minimum Gasteiger partial charge on any atom is -0.457 e. The molecule has 0 aliphatic carbocycles. The average Bonchev–Trinajstić information content (AvgIpc) is 3.50. The summed E-state index contributed by atoms with van der Waals surface area (Å²) < 4.78 is 11.8. The van der Waals surface area contributed by atoms with E-state index in [1.54, 1.807) is 24.3 Å². The van der Waals surface area contributed by atoms with E-state index in [-0.39, 0.29) is 5.91 Å². The topological polar surface area (TPSA) is 67.6 Å². The number of hydrogen-bond acceptors (Lipinski definition) is 5. The minimum atomic E-state index is -0.0673. The molecule has 168 valence electrons. The summed E-state index contributed by atoms with van der Waals surface area (Å²) >= 11 is 5.92. The lowest BCUT2D eigenvalue weighted by Gasteiger charge is -2.14.